The van der Waals surface area contributed by atoms with Crippen LogP contribution in [-0.4, -0.2) is 39.3 Å². The summed E-state index contributed by atoms with van der Waals surface area (Å²) in [6, 6.07) is 14.1. The molecule has 0 bridgehead atoms. The molecule has 1 saturated heterocycles. The number of fused-ring (bicyclic) bond motifs is 1. The van der Waals surface area contributed by atoms with E-state index in [1.54, 1.807) is 23.9 Å². The summed E-state index contributed by atoms with van der Waals surface area (Å²) >= 11 is 1.80. The van der Waals surface area contributed by atoms with E-state index in [1.807, 2.05) is 18.2 Å². The summed E-state index contributed by atoms with van der Waals surface area (Å²) in [6.45, 7) is 0.948. The monoisotopic (exact) mass is 432 g/mol. The third kappa shape index (κ3) is 4.83. The maximum absolute atomic E-state index is 12.7. The first-order valence-electron chi connectivity index (χ1n) is 9.77. The average molecular weight is 433 g/mol. The van der Waals surface area contributed by atoms with Gasteiger partial charge in [-0.3, -0.25) is 4.79 Å². The van der Waals surface area contributed by atoms with E-state index in [2.05, 4.69) is 16.1 Å². The summed E-state index contributed by atoms with van der Waals surface area (Å²) in [5.74, 6) is 0.753. The van der Waals surface area contributed by atoms with E-state index in [4.69, 9.17) is 4.74 Å². The molecule has 1 amide bonds. The number of thioether (sulfide) groups is 1. The van der Waals surface area contributed by atoms with Crippen molar-refractivity contribution >= 4 is 27.7 Å². The van der Waals surface area contributed by atoms with Gasteiger partial charge in [0.25, 0.3) is 5.91 Å². The summed E-state index contributed by atoms with van der Waals surface area (Å²) < 4.78 is 32.9. The Morgan fingerprint density at radius 2 is 1.90 bits per heavy atom. The van der Waals surface area contributed by atoms with Gasteiger partial charge in [0.1, 0.15) is 0 Å². The highest BCUT2D eigenvalue weighted by atomic mass is 32.2. The molecule has 0 saturated carbocycles. The van der Waals surface area contributed by atoms with Crippen LogP contribution in [0, 0.1) is 0 Å². The first kappa shape index (κ1) is 20.4. The van der Waals surface area contributed by atoms with E-state index in [9.17, 15) is 13.2 Å². The van der Waals surface area contributed by atoms with Crippen molar-refractivity contribution in [3.8, 4) is 0 Å². The smallest absolute Gasteiger partial charge is 0.251 e. The molecule has 2 aliphatic heterocycles. The number of rotatable bonds is 6. The number of ether oxygens (including phenoxy) is 1. The van der Waals surface area contributed by atoms with Crippen LogP contribution in [0.1, 0.15) is 41.2 Å². The van der Waals surface area contributed by atoms with Gasteiger partial charge in [-0.05, 0) is 55.2 Å². The summed E-state index contributed by atoms with van der Waals surface area (Å²) in [4.78, 5) is 14.0. The molecule has 2 atom stereocenters. The summed E-state index contributed by atoms with van der Waals surface area (Å²) in [5, 5.41) is 3.08. The zero-order valence-corrected chi connectivity index (χ0v) is 17.6. The van der Waals surface area contributed by atoms with Gasteiger partial charge in [0.05, 0.1) is 17.0 Å². The number of hydrogen-bond donors (Lipinski definition) is 2. The molecule has 0 aromatic heterocycles. The highest BCUT2D eigenvalue weighted by molar-refractivity contribution is 7.99. The molecule has 29 heavy (non-hydrogen) atoms. The van der Waals surface area contributed by atoms with Crippen LogP contribution in [0.4, 0.5) is 0 Å². The van der Waals surface area contributed by atoms with Gasteiger partial charge in [-0.15, -0.1) is 11.8 Å². The van der Waals surface area contributed by atoms with Crippen LogP contribution in [0.15, 0.2) is 58.3 Å². The van der Waals surface area contributed by atoms with Crippen LogP contribution in [0.25, 0.3) is 0 Å². The predicted molar refractivity (Wildman–Crippen MR) is 113 cm³/mol. The molecule has 154 valence electrons. The van der Waals surface area contributed by atoms with Crippen molar-refractivity contribution in [1.29, 1.82) is 0 Å². The van der Waals surface area contributed by atoms with Crippen LogP contribution < -0.4 is 10.0 Å². The molecule has 0 aliphatic carbocycles. The summed E-state index contributed by atoms with van der Waals surface area (Å²) in [5.41, 5.74) is 1.58. The van der Waals surface area contributed by atoms with Crippen molar-refractivity contribution in [2.75, 3.05) is 18.9 Å². The highest BCUT2D eigenvalue weighted by Crippen LogP contribution is 2.35. The lowest BCUT2D eigenvalue weighted by Gasteiger charge is -2.25. The third-order valence-electron chi connectivity index (χ3n) is 5.22. The lowest BCUT2D eigenvalue weighted by molar-refractivity contribution is 0.0935. The van der Waals surface area contributed by atoms with Gasteiger partial charge in [-0.2, -0.15) is 0 Å². The van der Waals surface area contributed by atoms with Gasteiger partial charge < -0.3 is 10.1 Å². The van der Waals surface area contributed by atoms with E-state index in [1.165, 1.54) is 17.0 Å². The van der Waals surface area contributed by atoms with Crippen LogP contribution in [0.2, 0.25) is 0 Å². The Balaban J connectivity index is 1.40. The molecule has 2 N–H and O–H groups in total. The van der Waals surface area contributed by atoms with Crippen molar-refractivity contribution in [3.63, 3.8) is 0 Å². The fraction of sp³-hybridized carbons (Fsp3) is 0.381. The van der Waals surface area contributed by atoms with Crippen molar-refractivity contribution in [2.45, 2.75) is 41.2 Å². The molecule has 4 rings (SSSR count). The van der Waals surface area contributed by atoms with Gasteiger partial charge in [-0.25, -0.2) is 13.1 Å². The zero-order valence-electron chi connectivity index (χ0n) is 16.0. The second-order valence-electron chi connectivity index (χ2n) is 7.21. The molecule has 1 fully saturated rings. The number of nitrogens with one attached hydrogen (secondary N) is 2. The second-order valence-corrected chi connectivity index (χ2v) is 10.1. The molecular formula is C21H24N2O4S2. The van der Waals surface area contributed by atoms with E-state index in [0.717, 1.165) is 30.6 Å². The first-order valence-corrected chi connectivity index (χ1v) is 12.2. The normalized spacial score (nSPS) is 21.5. The number of sulfonamides is 1. The van der Waals surface area contributed by atoms with E-state index in [-0.39, 0.29) is 29.5 Å². The minimum Gasteiger partial charge on any atom is -0.377 e. The predicted octanol–water partition coefficient (Wildman–Crippen LogP) is 3.11. The zero-order chi connectivity index (χ0) is 20.3. The van der Waals surface area contributed by atoms with Gasteiger partial charge >= 0.3 is 0 Å². The Morgan fingerprint density at radius 1 is 1.10 bits per heavy atom. The number of hydrogen-bond acceptors (Lipinski definition) is 5. The van der Waals surface area contributed by atoms with Crippen molar-refractivity contribution in [3.05, 3.63) is 59.7 Å². The van der Waals surface area contributed by atoms with Gasteiger partial charge in [0.2, 0.25) is 10.0 Å². The highest BCUT2D eigenvalue weighted by Gasteiger charge is 2.23. The van der Waals surface area contributed by atoms with Crippen LogP contribution >= 0.6 is 11.8 Å². The van der Waals surface area contributed by atoms with E-state index in [0.29, 0.717) is 12.2 Å². The van der Waals surface area contributed by atoms with Crippen LogP contribution in [0.3, 0.4) is 0 Å². The van der Waals surface area contributed by atoms with E-state index < -0.39 is 10.0 Å². The average Bonchev–Trinajstić information content (AvgIpc) is 3.26. The Morgan fingerprint density at radius 3 is 2.66 bits per heavy atom. The van der Waals surface area contributed by atoms with E-state index >= 15 is 0 Å². The maximum Gasteiger partial charge on any atom is 0.251 e. The SMILES string of the molecule is O=C(N[C@H]1CCSc2ccccc21)c1ccc(S(=O)(=O)NC[C@@H]2CCCO2)cc1. The molecular weight excluding hydrogens is 408 g/mol. The molecule has 8 heteroatoms. The standard InChI is InChI=1S/C21H24N2O4S2/c24-21(23-19-11-13-28-20-6-2-1-5-18(19)20)15-7-9-17(10-8-15)29(25,26)22-14-16-4-3-12-27-16/h1-2,5-10,16,19,22H,3-4,11-14H2,(H,23,24)/t16-,19-/m0/s1. The van der Waals surface area contributed by atoms with Gasteiger partial charge in [-0.1, -0.05) is 18.2 Å². The maximum atomic E-state index is 12.7. The summed E-state index contributed by atoms with van der Waals surface area (Å²) in [6.07, 6.45) is 2.63. The molecule has 2 aliphatic rings. The molecule has 2 aromatic carbocycles. The van der Waals surface area contributed by atoms with Crippen molar-refractivity contribution < 1.29 is 17.9 Å². The minimum atomic E-state index is -3.62. The van der Waals surface area contributed by atoms with Crippen molar-refractivity contribution in [2.24, 2.45) is 0 Å². The first-order chi connectivity index (χ1) is 14.0. The largest absolute Gasteiger partial charge is 0.377 e. The molecule has 0 spiro atoms. The lowest BCUT2D eigenvalue weighted by atomic mass is 10.0. The fourth-order valence-corrected chi connectivity index (χ4v) is 5.80. The number of carbonyl (C=O) groups is 1. The lowest BCUT2D eigenvalue weighted by Crippen LogP contribution is -2.32. The molecule has 0 unspecified atom stereocenters. The Bertz CT molecular complexity index is 970. The van der Waals surface area contributed by atoms with Crippen LogP contribution in [-0.2, 0) is 14.8 Å². The Kier molecular flexibility index (Phi) is 6.24. The third-order valence-corrected chi connectivity index (χ3v) is 7.78. The van der Waals surface area contributed by atoms with Crippen LogP contribution in [0.5, 0.6) is 0 Å². The topological polar surface area (TPSA) is 84.5 Å². The molecule has 2 aromatic rings. The van der Waals surface area contributed by atoms with Gasteiger partial charge in [0.15, 0.2) is 0 Å². The van der Waals surface area contributed by atoms with Gasteiger partial charge in [0, 0.05) is 29.4 Å². The molecule has 2 heterocycles. The Hall–Kier alpha value is -1.87. The quantitative estimate of drug-likeness (QED) is 0.733. The minimum absolute atomic E-state index is 0.0311. The summed E-state index contributed by atoms with van der Waals surface area (Å²) in [7, 11) is -3.62. The number of benzene rings is 2. The number of carbonyl (C=O) groups excluding carboxylic acids is 1. The number of amides is 1. The fourth-order valence-electron chi connectivity index (χ4n) is 3.61. The second kappa shape index (κ2) is 8.87. The van der Waals surface area contributed by atoms with Crippen molar-refractivity contribution in [1.82, 2.24) is 10.0 Å². The molecule has 0 radical (unpaired) electrons. The Labute approximate surface area is 175 Å². The molecule has 6 nitrogen and oxygen atoms in total.